The Morgan fingerprint density at radius 3 is 2.77 bits per heavy atom. The Kier molecular flexibility index (Phi) is 7.56. The molecule has 0 saturated heterocycles. The number of hydrogen-bond acceptors (Lipinski definition) is 7. The minimum Gasteiger partial charge on any atom is -0.490 e. The van der Waals surface area contributed by atoms with Gasteiger partial charge in [0.05, 0.1) is 24.4 Å². The van der Waals surface area contributed by atoms with Gasteiger partial charge in [-0.3, -0.25) is 15.2 Å². The van der Waals surface area contributed by atoms with Crippen molar-refractivity contribution in [2.24, 2.45) is 5.10 Å². The smallest absolute Gasteiger partial charge is 0.315 e. The number of nitro groups is 1. The van der Waals surface area contributed by atoms with Crippen molar-refractivity contribution in [3.05, 3.63) is 38.4 Å². The number of hydrogen-bond donors (Lipinski definition) is 1. The van der Waals surface area contributed by atoms with Gasteiger partial charge in [-0.05, 0) is 44.5 Å². The molecule has 1 fully saturated rings. The van der Waals surface area contributed by atoms with Crippen LogP contribution in [0.1, 0.15) is 69.7 Å². The third-order valence-corrected chi connectivity index (χ3v) is 5.24. The maximum Gasteiger partial charge on any atom is 0.315 e. The summed E-state index contributed by atoms with van der Waals surface area (Å²) in [5.74, 6) is 1.58. The van der Waals surface area contributed by atoms with Crippen molar-refractivity contribution >= 4 is 24.1 Å². The fourth-order valence-corrected chi connectivity index (χ4v) is 3.78. The minimum atomic E-state index is -0.470. The lowest BCUT2D eigenvalue weighted by Crippen LogP contribution is -2.10. The molecule has 1 heterocycles. The highest BCUT2D eigenvalue weighted by Crippen LogP contribution is 2.38. The lowest BCUT2D eigenvalue weighted by molar-refractivity contribution is -0.386. The third-order valence-electron chi connectivity index (χ3n) is 4.97. The van der Waals surface area contributed by atoms with Crippen LogP contribution in [-0.4, -0.2) is 39.2 Å². The average molecular weight is 434 g/mol. The molecule has 162 valence electrons. The molecule has 1 N–H and O–H groups in total. The van der Waals surface area contributed by atoms with Gasteiger partial charge in [-0.25, -0.2) is 0 Å². The maximum atomic E-state index is 11.6. The van der Waals surface area contributed by atoms with E-state index in [4.69, 9.17) is 21.7 Å². The van der Waals surface area contributed by atoms with E-state index in [9.17, 15) is 10.1 Å². The van der Waals surface area contributed by atoms with Crippen LogP contribution in [0.5, 0.6) is 11.5 Å². The first-order chi connectivity index (χ1) is 14.5. The van der Waals surface area contributed by atoms with Crippen LogP contribution >= 0.6 is 12.2 Å². The largest absolute Gasteiger partial charge is 0.490 e. The second-order valence-electron chi connectivity index (χ2n) is 7.18. The predicted octanol–water partition coefficient (Wildman–Crippen LogP) is 4.97. The molecule has 0 unspecified atom stereocenters. The van der Waals surface area contributed by atoms with Gasteiger partial charge < -0.3 is 9.47 Å². The fraction of sp³-hybridized carbons (Fsp3) is 0.550. The topological polar surface area (TPSA) is 108 Å². The summed E-state index contributed by atoms with van der Waals surface area (Å²) in [4.78, 5) is 11.2. The fourth-order valence-electron chi connectivity index (χ4n) is 3.60. The van der Waals surface area contributed by atoms with E-state index in [1.807, 2.05) is 13.8 Å². The molecule has 10 heteroatoms. The molecule has 2 aromatic rings. The number of nitrogens with one attached hydrogen (secondary N) is 1. The van der Waals surface area contributed by atoms with Crippen molar-refractivity contribution in [1.29, 1.82) is 0 Å². The second-order valence-corrected chi connectivity index (χ2v) is 7.57. The van der Waals surface area contributed by atoms with E-state index in [0.29, 0.717) is 35.2 Å². The first-order valence-electron chi connectivity index (χ1n) is 10.3. The SMILES string of the molecule is CCCOc1c(OCC)cc(/C=N\n2c(C3CCCCC3)n[nH]c2=S)cc1[N+](=O)[O-]. The monoisotopic (exact) mass is 433 g/mol. The van der Waals surface area contributed by atoms with Gasteiger partial charge in [0.25, 0.3) is 0 Å². The Hall–Kier alpha value is -2.75. The number of aromatic nitrogens is 3. The molecular formula is C20H27N5O4S. The summed E-state index contributed by atoms with van der Waals surface area (Å²) in [5, 5.41) is 23.3. The molecule has 1 aliphatic rings. The standard InChI is InChI=1S/C20H27N5O4S/c1-3-10-29-18-16(25(26)27)11-14(12-17(18)28-4-2)13-21-24-19(22-23-20(24)30)15-8-6-5-7-9-15/h11-13,15H,3-10H2,1-2H3,(H,23,30)/b21-13-. The average Bonchev–Trinajstić information content (AvgIpc) is 3.12. The first kappa shape index (κ1) is 21.9. The van der Waals surface area contributed by atoms with E-state index in [1.54, 1.807) is 10.7 Å². The molecule has 1 aromatic carbocycles. The van der Waals surface area contributed by atoms with E-state index < -0.39 is 4.92 Å². The van der Waals surface area contributed by atoms with Crippen molar-refractivity contribution in [3.8, 4) is 11.5 Å². The van der Waals surface area contributed by atoms with Gasteiger partial charge in [0.1, 0.15) is 0 Å². The summed E-state index contributed by atoms with van der Waals surface area (Å²) in [6.07, 6.45) is 7.94. The Bertz CT molecular complexity index is 963. The number of benzene rings is 1. The molecule has 1 aromatic heterocycles. The van der Waals surface area contributed by atoms with Crippen LogP contribution in [0.4, 0.5) is 5.69 Å². The van der Waals surface area contributed by atoms with Crippen LogP contribution < -0.4 is 9.47 Å². The Morgan fingerprint density at radius 1 is 1.33 bits per heavy atom. The Labute approximate surface area is 180 Å². The van der Waals surface area contributed by atoms with Crippen molar-refractivity contribution in [2.45, 2.75) is 58.3 Å². The van der Waals surface area contributed by atoms with Crippen molar-refractivity contribution < 1.29 is 14.4 Å². The molecular weight excluding hydrogens is 406 g/mol. The van der Waals surface area contributed by atoms with E-state index >= 15 is 0 Å². The molecule has 0 amide bonds. The van der Waals surface area contributed by atoms with Gasteiger partial charge in [0.15, 0.2) is 11.6 Å². The molecule has 0 bridgehead atoms. The lowest BCUT2D eigenvalue weighted by Gasteiger charge is -2.19. The zero-order valence-electron chi connectivity index (χ0n) is 17.3. The maximum absolute atomic E-state index is 11.6. The van der Waals surface area contributed by atoms with Crippen LogP contribution in [0.2, 0.25) is 0 Å². The number of aromatic amines is 1. The number of rotatable bonds is 9. The van der Waals surface area contributed by atoms with Gasteiger partial charge in [-0.15, -0.1) is 0 Å². The highest BCUT2D eigenvalue weighted by molar-refractivity contribution is 7.71. The lowest BCUT2D eigenvalue weighted by atomic mass is 9.89. The highest BCUT2D eigenvalue weighted by Gasteiger charge is 2.23. The molecule has 0 radical (unpaired) electrons. The highest BCUT2D eigenvalue weighted by atomic mass is 32.1. The number of ether oxygens (including phenoxy) is 2. The number of nitrogens with zero attached hydrogens (tertiary/aromatic N) is 4. The van der Waals surface area contributed by atoms with E-state index in [-0.39, 0.29) is 11.4 Å². The molecule has 0 aliphatic heterocycles. The minimum absolute atomic E-state index is 0.142. The third kappa shape index (κ3) is 5.05. The van der Waals surface area contributed by atoms with Gasteiger partial charge >= 0.3 is 5.69 Å². The number of nitro benzene ring substituents is 1. The Morgan fingerprint density at radius 2 is 2.10 bits per heavy atom. The molecule has 3 rings (SSSR count). The molecule has 1 aliphatic carbocycles. The van der Waals surface area contributed by atoms with Crippen LogP contribution in [0.3, 0.4) is 0 Å². The van der Waals surface area contributed by atoms with Crippen LogP contribution in [0, 0.1) is 14.9 Å². The van der Waals surface area contributed by atoms with Crippen LogP contribution in [-0.2, 0) is 0 Å². The van der Waals surface area contributed by atoms with Crippen molar-refractivity contribution in [1.82, 2.24) is 14.9 Å². The van der Waals surface area contributed by atoms with Crippen molar-refractivity contribution in [3.63, 3.8) is 0 Å². The Balaban J connectivity index is 1.96. The quantitative estimate of drug-likeness (QED) is 0.259. The zero-order valence-corrected chi connectivity index (χ0v) is 18.1. The summed E-state index contributed by atoms with van der Waals surface area (Å²) in [7, 11) is 0. The van der Waals surface area contributed by atoms with Gasteiger partial charge in [-0.1, -0.05) is 26.2 Å². The van der Waals surface area contributed by atoms with Gasteiger partial charge in [-0.2, -0.15) is 14.9 Å². The summed E-state index contributed by atoms with van der Waals surface area (Å²) in [5.41, 5.74) is 0.367. The van der Waals surface area contributed by atoms with Gasteiger partial charge in [0.2, 0.25) is 10.5 Å². The summed E-state index contributed by atoms with van der Waals surface area (Å²) < 4.78 is 13.2. The molecule has 9 nitrogen and oxygen atoms in total. The van der Waals surface area contributed by atoms with E-state index in [2.05, 4.69) is 15.3 Å². The van der Waals surface area contributed by atoms with Crippen LogP contribution in [0.25, 0.3) is 0 Å². The summed E-state index contributed by atoms with van der Waals surface area (Å²) in [6.45, 7) is 4.48. The predicted molar refractivity (Wildman–Crippen MR) is 116 cm³/mol. The van der Waals surface area contributed by atoms with Gasteiger partial charge in [0, 0.05) is 17.5 Å². The number of H-pyrrole nitrogens is 1. The van der Waals surface area contributed by atoms with E-state index in [0.717, 1.165) is 37.9 Å². The molecule has 0 spiro atoms. The van der Waals surface area contributed by atoms with Crippen LogP contribution in [0.15, 0.2) is 17.2 Å². The van der Waals surface area contributed by atoms with E-state index in [1.165, 1.54) is 18.7 Å². The molecule has 30 heavy (non-hydrogen) atoms. The summed E-state index contributed by atoms with van der Waals surface area (Å²) >= 11 is 5.34. The molecule has 1 saturated carbocycles. The second kappa shape index (κ2) is 10.3. The normalized spacial score (nSPS) is 14.9. The first-order valence-corrected chi connectivity index (χ1v) is 10.8. The van der Waals surface area contributed by atoms with Crippen molar-refractivity contribution in [2.75, 3.05) is 13.2 Å². The zero-order chi connectivity index (χ0) is 21.5. The molecule has 0 atom stereocenters. The summed E-state index contributed by atoms with van der Waals surface area (Å²) in [6, 6.07) is 3.12.